The summed E-state index contributed by atoms with van der Waals surface area (Å²) in [7, 11) is -2.99. The van der Waals surface area contributed by atoms with Crippen LogP contribution in [-0.2, 0) is 10.0 Å². The normalized spacial score (nSPS) is 33.5. The molecule has 2 fully saturated rings. The second kappa shape index (κ2) is 4.35. The molecule has 0 amide bonds. The summed E-state index contributed by atoms with van der Waals surface area (Å²) in [6.45, 7) is 1.77. The van der Waals surface area contributed by atoms with Gasteiger partial charge in [-0.15, -0.1) is 12.4 Å². The first kappa shape index (κ1) is 12.2. The monoisotopic (exact) mass is 240 g/mol. The number of nitrogens with one attached hydrogen (secondary N) is 1. The molecule has 14 heavy (non-hydrogen) atoms. The smallest absolute Gasteiger partial charge is 0.211 e. The predicted octanol–water partition coefficient (Wildman–Crippen LogP) is 0.194. The molecule has 4 nitrogen and oxygen atoms in total. The number of sulfonamides is 1. The van der Waals surface area contributed by atoms with Crippen molar-refractivity contribution < 1.29 is 8.42 Å². The lowest BCUT2D eigenvalue weighted by atomic mass is 10.1. The molecule has 2 aliphatic rings. The zero-order valence-corrected chi connectivity index (χ0v) is 9.90. The molecule has 2 heterocycles. The highest BCUT2D eigenvalue weighted by Crippen LogP contribution is 2.29. The summed E-state index contributed by atoms with van der Waals surface area (Å²) in [5, 5.41) is 3.27. The maximum absolute atomic E-state index is 11.5. The van der Waals surface area contributed by atoms with Gasteiger partial charge in [-0.2, -0.15) is 4.31 Å². The third-order valence-corrected chi connectivity index (χ3v) is 4.33. The summed E-state index contributed by atoms with van der Waals surface area (Å²) in [5.41, 5.74) is 0. The first-order valence-corrected chi connectivity index (χ1v) is 6.63. The Morgan fingerprint density at radius 3 is 2.50 bits per heavy atom. The van der Waals surface area contributed by atoms with Gasteiger partial charge in [-0.1, -0.05) is 0 Å². The second-order valence-corrected chi connectivity index (χ2v) is 5.86. The summed E-state index contributed by atoms with van der Waals surface area (Å²) in [6, 6.07) is 0.470. The van der Waals surface area contributed by atoms with E-state index in [4.69, 9.17) is 0 Å². The van der Waals surface area contributed by atoms with E-state index in [0.717, 1.165) is 32.4 Å². The highest BCUT2D eigenvalue weighted by molar-refractivity contribution is 7.88. The van der Waals surface area contributed by atoms with Gasteiger partial charge in [-0.05, 0) is 25.8 Å². The van der Waals surface area contributed by atoms with Gasteiger partial charge in [-0.3, -0.25) is 0 Å². The maximum atomic E-state index is 11.5. The van der Waals surface area contributed by atoms with E-state index in [-0.39, 0.29) is 24.5 Å². The van der Waals surface area contributed by atoms with Gasteiger partial charge in [0.2, 0.25) is 10.0 Å². The highest BCUT2D eigenvalue weighted by Gasteiger charge is 2.40. The van der Waals surface area contributed by atoms with Crippen molar-refractivity contribution in [3.63, 3.8) is 0 Å². The van der Waals surface area contributed by atoms with Crippen molar-refractivity contribution in [1.29, 1.82) is 0 Å². The SMILES string of the molecule is CS(=O)(=O)N1C2CCNCC1CC2.Cl. The summed E-state index contributed by atoms with van der Waals surface area (Å²) < 4.78 is 24.7. The molecule has 0 radical (unpaired) electrons. The Kier molecular flexibility index (Phi) is 3.80. The second-order valence-electron chi connectivity index (χ2n) is 3.97. The molecule has 1 N–H and O–H groups in total. The van der Waals surface area contributed by atoms with Crippen LogP contribution in [0.3, 0.4) is 0 Å². The van der Waals surface area contributed by atoms with Crippen LogP contribution in [0.2, 0.25) is 0 Å². The Hall–Kier alpha value is 0.160. The summed E-state index contributed by atoms with van der Waals surface area (Å²) in [5.74, 6) is 0. The van der Waals surface area contributed by atoms with Crippen molar-refractivity contribution in [2.45, 2.75) is 31.3 Å². The van der Waals surface area contributed by atoms with Crippen LogP contribution in [-0.4, -0.2) is 44.2 Å². The van der Waals surface area contributed by atoms with E-state index in [2.05, 4.69) is 5.32 Å². The third kappa shape index (κ3) is 2.21. The van der Waals surface area contributed by atoms with Crippen molar-refractivity contribution in [2.24, 2.45) is 0 Å². The van der Waals surface area contributed by atoms with Crippen LogP contribution in [0.25, 0.3) is 0 Å². The highest BCUT2D eigenvalue weighted by atomic mass is 35.5. The van der Waals surface area contributed by atoms with Gasteiger partial charge in [0.25, 0.3) is 0 Å². The Morgan fingerprint density at radius 1 is 1.21 bits per heavy atom. The molecule has 2 bridgehead atoms. The molecule has 0 spiro atoms. The predicted molar refractivity (Wildman–Crippen MR) is 58.2 cm³/mol. The molecule has 0 saturated carbocycles. The minimum absolute atomic E-state index is 0. The molecule has 0 aromatic heterocycles. The zero-order valence-electron chi connectivity index (χ0n) is 8.27. The lowest BCUT2D eigenvalue weighted by Crippen LogP contribution is -2.41. The van der Waals surface area contributed by atoms with E-state index in [1.165, 1.54) is 6.26 Å². The van der Waals surface area contributed by atoms with Gasteiger partial charge in [0.05, 0.1) is 6.26 Å². The number of fused-ring (bicyclic) bond motifs is 2. The molecule has 0 aliphatic carbocycles. The topological polar surface area (TPSA) is 49.4 Å². The van der Waals surface area contributed by atoms with E-state index in [0.29, 0.717) is 0 Å². The van der Waals surface area contributed by atoms with Crippen LogP contribution in [0, 0.1) is 0 Å². The number of rotatable bonds is 1. The largest absolute Gasteiger partial charge is 0.315 e. The first-order valence-electron chi connectivity index (χ1n) is 4.78. The summed E-state index contributed by atoms with van der Waals surface area (Å²) in [6.07, 6.45) is 4.34. The summed E-state index contributed by atoms with van der Waals surface area (Å²) >= 11 is 0. The standard InChI is InChI=1S/C8H16N2O2S.ClH/c1-13(11,12)10-7-2-3-8(10)6-9-5-4-7;/h7-9H,2-6H2,1H3;1H. The van der Waals surface area contributed by atoms with E-state index in [9.17, 15) is 8.42 Å². The quantitative estimate of drug-likeness (QED) is 0.712. The van der Waals surface area contributed by atoms with E-state index in [1.54, 1.807) is 4.31 Å². The average molecular weight is 241 g/mol. The van der Waals surface area contributed by atoms with Gasteiger partial charge >= 0.3 is 0 Å². The number of hydrogen-bond donors (Lipinski definition) is 1. The Morgan fingerprint density at radius 2 is 1.86 bits per heavy atom. The summed E-state index contributed by atoms with van der Waals surface area (Å²) in [4.78, 5) is 0. The van der Waals surface area contributed by atoms with Gasteiger partial charge in [0.1, 0.15) is 0 Å². The van der Waals surface area contributed by atoms with Crippen LogP contribution in [0.15, 0.2) is 0 Å². The van der Waals surface area contributed by atoms with Crippen LogP contribution in [0.5, 0.6) is 0 Å². The average Bonchev–Trinajstić information content (AvgIpc) is 2.22. The Bertz CT molecular complexity index is 280. The van der Waals surface area contributed by atoms with Crippen LogP contribution < -0.4 is 5.32 Å². The van der Waals surface area contributed by atoms with Gasteiger partial charge in [0, 0.05) is 18.6 Å². The van der Waals surface area contributed by atoms with Crippen molar-refractivity contribution in [3.8, 4) is 0 Å². The fourth-order valence-corrected chi connectivity index (χ4v) is 3.95. The van der Waals surface area contributed by atoms with E-state index in [1.807, 2.05) is 0 Å². The molecule has 0 aromatic carbocycles. The van der Waals surface area contributed by atoms with Gasteiger partial charge < -0.3 is 5.32 Å². The molecule has 2 atom stereocenters. The lowest BCUT2D eigenvalue weighted by Gasteiger charge is -2.24. The molecule has 2 aliphatic heterocycles. The number of halogens is 1. The fraction of sp³-hybridized carbons (Fsp3) is 1.00. The molecule has 2 saturated heterocycles. The molecular formula is C8H17ClN2O2S. The van der Waals surface area contributed by atoms with Crippen molar-refractivity contribution in [3.05, 3.63) is 0 Å². The molecule has 2 unspecified atom stereocenters. The van der Waals surface area contributed by atoms with E-state index < -0.39 is 10.0 Å². The van der Waals surface area contributed by atoms with Crippen molar-refractivity contribution in [2.75, 3.05) is 19.3 Å². The van der Waals surface area contributed by atoms with Crippen LogP contribution in [0.1, 0.15) is 19.3 Å². The van der Waals surface area contributed by atoms with Gasteiger partial charge in [-0.25, -0.2) is 8.42 Å². The molecule has 0 aromatic rings. The molecule has 6 heteroatoms. The Balaban J connectivity index is 0.000000980. The maximum Gasteiger partial charge on any atom is 0.211 e. The van der Waals surface area contributed by atoms with Crippen molar-refractivity contribution in [1.82, 2.24) is 9.62 Å². The molecular weight excluding hydrogens is 224 g/mol. The van der Waals surface area contributed by atoms with Gasteiger partial charge in [0.15, 0.2) is 0 Å². The molecule has 84 valence electrons. The first-order chi connectivity index (χ1) is 6.09. The number of hydrogen-bond acceptors (Lipinski definition) is 3. The lowest BCUT2D eigenvalue weighted by molar-refractivity contribution is 0.337. The fourth-order valence-electron chi connectivity index (χ4n) is 2.48. The van der Waals surface area contributed by atoms with Crippen LogP contribution in [0.4, 0.5) is 0 Å². The van der Waals surface area contributed by atoms with Crippen molar-refractivity contribution >= 4 is 22.4 Å². The third-order valence-electron chi connectivity index (χ3n) is 2.97. The van der Waals surface area contributed by atoms with E-state index >= 15 is 0 Å². The minimum atomic E-state index is -2.99. The Labute approximate surface area is 91.5 Å². The minimum Gasteiger partial charge on any atom is -0.315 e. The number of nitrogens with zero attached hydrogens (tertiary/aromatic N) is 1. The zero-order chi connectivity index (χ0) is 9.47. The molecule has 2 rings (SSSR count). The van der Waals surface area contributed by atoms with Crippen LogP contribution >= 0.6 is 12.4 Å².